The fourth-order valence-corrected chi connectivity index (χ4v) is 4.37. The molecule has 1 fully saturated rings. The number of aromatic nitrogens is 1. The smallest absolute Gasteiger partial charge is 0.333 e. The number of nitrogens with zero attached hydrogens (tertiary/aromatic N) is 2. The fraction of sp³-hybridized carbons (Fsp3) is 0.231. The molecule has 39 heavy (non-hydrogen) atoms. The van der Waals surface area contributed by atoms with Crippen LogP contribution in [-0.2, 0) is 4.79 Å². The van der Waals surface area contributed by atoms with E-state index in [2.05, 4.69) is 31.4 Å². The molecule has 1 unspecified atom stereocenters. The Kier molecular flexibility index (Phi) is 9.51. The fourth-order valence-electron chi connectivity index (χ4n) is 3.87. The van der Waals surface area contributed by atoms with E-state index in [1.807, 2.05) is 18.2 Å². The van der Waals surface area contributed by atoms with E-state index in [1.165, 1.54) is 36.4 Å². The van der Waals surface area contributed by atoms with Crippen molar-refractivity contribution in [3.05, 3.63) is 78.5 Å². The van der Waals surface area contributed by atoms with E-state index in [1.54, 1.807) is 18.3 Å². The summed E-state index contributed by atoms with van der Waals surface area (Å²) in [5.41, 5.74) is 5.20. The van der Waals surface area contributed by atoms with Crippen LogP contribution in [-0.4, -0.2) is 54.3 Å². The van der Waals surface area contributed by atoms with Crippen molar-refractivity contribution >= 4 is 41.1 Å². The van der Waals surface area contributed by atoms with Gasteiger partial charge in [0.25, 0.3) is 17.6 Å². The molecule has 0 saturated carbocycles. The first-order chi connectivity index (χ1) is 18.9. The Hall–Kier alpha value is -4.39. The Bertz CT molecular complexity index is 1280. The Morgan fingerprint density at radius 2 is 1.79 bits per heavy atom. The van der Waals surface area contributed by atoms with Gasteiger partial charge in [-0.25, -0.2) is 15.2 Å². The first kappa shape index (κ1) is 27.6. The highest BCUT2D eigenvalue weighted by atomic mass is 32.2. The van der Waals surface area contributed by atoms with Crippen LogP contribution in [0.2, 0.25) is 0 Å². The third kappa shape index (κ3) is 8.30. The first-order valence-corrected chi connectivity index (χ1v) is 12.8. The molecule has 0 radical (unpaired) electrons. The molecule has 1 aliphatic rings. The summed E-state index contributed by atoms with van der Waals surface area (Å²) in [6, 6.07) is 17.2. The third-order valence-electron chi connectivity index (χ3n) is 5.64. The molecule has 4 rings (SSSR count). The summed E-state index contributed by atoms with van der Waals surface area (Å²) in [5.74, 6) is -2.69. The van der Waals surface area contributed by atoms with Crippen molar-refractivity contribution in [3.8, 4) is 5.75 Å². The average Bonchev–Trinajstić information content (AvgIpc) is 3.40. The van der Waals surface area contributed by atoms with E-state index in [0.717, 1.165) is 18.8 Å². The zero-order valence-corrected chi connectivity index (χ0v) is 21.4. The van der Waals surface area contributed by atoms with Crippen molar-refractivity contribution < 1.29 is 27.9 Å². The third-order valence-corrected chi connectivity index (χ3v) is 6.36. The molecule has 13 heteroatoms. The van der Waals surface area contributed by atoms with Crippen LogP contribution in [0.5, 0.6) is 5.75 Å². The minimum Gasteiger partial charge on any atom is -0.483 e. The number of alkyl halides is 2. The summed E-state index contributed by atoms with van der Waals surface area (Å²) < 4.78 is 30.4. The Labute approximate surface area is 227 Å². The van der Waals surface area contributed by atoms with Crippen molar-refractivity contribution in [2.75, 3.05) is 29.9 Å². The van der Waals surface area contributed by atoms with Gasteiger partial charge >= 0.3 is 6.03 Å². The maximum atomic E-state index is 12.7. The lowest BCUT2D eigenvalue weighted by Gasteiger charge is -2.18. The number of pyridine rings is 1. The largest absolute Gasteiger partial charge is 0.483 e. The van der Waals surface area contributed by atoms with Crippen LogP contribution in [0.1, 0.15) is 16.8 Å². The van der Waals surface area contributed by atoms with Gasteiger partial charge in [0.1, 0.15) is 11.6 Å². The van der Waals surface area contributed by atoms with Gasteiger partial charge in [-0.3, -0.25) is 15.0 Å². The first-order valence-electron chi connectivity index (χ1n) is 12.0. The van der Waals surface area contributed by atoms with Crippen LogP contribution >= 0.6 is 11.8 Å². The number of para-hydroxylation sites is 1. The predicted octanol–water partition coefficient (Wildman–Crippen LogP) is 3.64. The summed E-state index contributed by atoms with van der Waals surface area (Å²) in [6.07, 6.45) is 2.44. The molecule has 0 bridgehead atoms. The number of carbonyl (C=O) groups is 3. The van der Waals surface area contributed by atoms with Gasteiger partial charge in [0, 0.05) is 35.9 Å². The molecule has 0 spiro atoms. The number of halogens is 2. The topological polar surface area (TPSA) is 125 Å². The molecule has 1 aliphatic heterocycles. The van der Waals surface area contributed by atoms with Crippen molar-refractivity contribution in [1.29, 1.82) is 0 Å². The highest BCUT2D eigenvalue weighted by Gasteiger charge is 2.25. The molecule has 1 atom stereocenters. The van der Waals surface area contributed by atoms with Crippen molar-refractivity contribution in [2.24, 2.45) is 0 Å². The molecule has 204 valence electrons. The molecule has 1 saturated heterocycles. The van der Waals surface area contributed by atoms with Gasteiger partial charge < -0.3 is 20.3 Å². The number of anilines is 2. The highest BCUT2D eigenvalue weighted by Crippen LogP contribution is 2.26. The SMILES string of the molecule is O=C(COc1ccccc1C(=O)NNC(=O)NC1CCN(c2ccccn2)C1)Nc1ccc(SC(F)F)cc1. The van der Waals surface area contributed by atoms with Gasteiger partial charge in [-0.15, -0.1) is 0 Å². The minimum absolute atomic E-state index is 0.112. The maximum absolute atomic E-state index is 12.7. The van der Waals surface area contributed by atoms with E-state index >= 15 is 0 Å². The monoisotopic (exact) mass is 556 g/mol. The predicted molar refractivity (Wildman–Crippen MR) is 143 cm³/mol. The van der Waals surface area contributed by atoms with Crippen LogP contribution in [0, 0.1) is 0 Å². The van der Waals surface area contributed by atoms with Crippen LogP contribution < -0.4 is 31.1 Å². The number of hydrogen-bond donors (Lipinski definition) is 4. The molecule has 2 heterocycles. The van der Waals surface area contributed by atoms with Gasteiger partial charge in [-0.2, -0.15) is 8.78 Å². The molecule has 2 aromatic carbocycles. The molecule has 1 aromatic heterocycles. The number of hydrogen-bond acceptors (Lipinski definition) is 7. The van der Waals surface area contributed by atoms with Crippen LogP contribution in [0.3, 0.4) is 0 Å². The second kappa shape index (κ2) is 13.4. The van der Waals surface area contributed by atoms with Crippen LogP contribution in [0.25, 0.3) is 0 Å². The highest BCUT2D eigenvalue weighted by molar-refractivity contribution is 7.99. The van der Waals surface area contributed by atoms with Crippen LogP contribution in [0.15, 0.2) is 77.8 Å². The zero-order valence-electron chi connectivity index (χ0n) is 20.6. The number of rotatable bonds is 9. The summed E-state index contributed by atoms with van der Waals surface area (Å²) >= 11 is 0.407. The van der Waals surface area contributed by atoms with E-state index in [4.69, 9.17) is 4.74 Å². The molecular formula is C26H26F2N6O4S. The summed E-state index contributed by atoms with van der Waals surface area (Å²) in [4.78, 5) is 44.1. The average molecular weight is 557 g/mol. The molecule has 10 nitrogen and oxygen atoms in total. The number of benzene rings is 2. The lowest BCUT2D eigenvalue weighted by atomic mass is 10.2. The summed E-state index contributed by atoms with van der Waals surface area (Å²) in [7, 11) is 0. The van der Waals surface area contributed by atoms with E-state index < -0.39 is 30.2 Å². The lowest BCUT2D eigenvalue weighted by molar-refractivity contribution is -0.118. The van der Waals surface area contributed by atoms with Crippen molar-refractivity contribution in [2.45, 2.75) is 23.1 Å². The number of amides is 4. The number of ether oxygens (including phenoxy) is 1. The molecule has 4 amide bonds. The van der Waals surface area contributed by atoms with Gasteiger partial charge in [-0.05, 0) is 55.0 Å². The Balaban J connectivity index is 1.22. The normalized spacial score (nSPS) is 14.5. The van der Waals surface area contributed by atoms with Gasteiger partial charge in [0.15, 0.2) is 6.61 Å². The van der Waals surface area contributed by atoms with E-state index in [9.17, 15) is 23.2 Å². The minimum atomic E-state index is -2.53. The van der Waals surface area contributed by atoms with Gasteiger partial charge in [-0.1, -0.05) is 30.0 Å². The Morgan fingerprint density at radius 1 is 1.03 bits per heavy atom. The second-order valence-electron chi connectivity index (χ2n) is 8.41. The van der Waals surface area contributed by atoms with Gasteiger partial charge in [0.05, 0.1) is 5.56 Å². The number of carbonyl (C=O) groups excluding carboxylic acids is 3. The molecule has 0 aliphatic carbocycles. The zero-order chi connectivity index (χ0) is 27.6. The summed E-state index contributed by atoms with van der Waals surface area (Å²) in [6.45, 7) is 0.936. The molecule has 4 N–H and O–H groups in total. The Morgan fingerprint density at radius 3 is 2.54 bits per heavy atom. The number of hydrazine groups is 1. The maximum Gasteiger partial charge on any atom is 0.333 e. The van der Waals surface area contributed by atoms with E-state index in [0.29, 0.717) is 28.9 Å². The quantitative estimate of drug-likeness (QED) is 0.234. The summed E-state index contributed by atoms with van der Waals surface area (Å²) in [5, 5.41) is 5.41. The number of thioether (sulfide) groups is 1. The number of urea groups is 1. The van der Waals surface area contributed by atoms with Crippen molar-refractivity contribution in [3.63, 3.8) is 0 Å². The lowest BCUT2D eigenvalue weighted by Crippen LogP contribution is -2.50. The van der Waals surface area contributed by atoms with E-state index in [-0.39, 0.29) is 17.4 Å². The standard InChI is InChI=1S/C26H26F2N6O4S/c27-25(28)39-19-10-8-17(9-11-19)30-23(35)16-38-21-6-2-1-5-20(21)24(36)32-33-26(37)31-18-12-14-34(15-18)22-7-3-4-13-29-22/h1-11,13,18,25H,12,14-16H2,(H,30,35)(H,32,36)(H2,31,33,37). The molecular weight excluding hydrogens is 530 g/mol. The van der Waals surface area contributed by atoms with Crippen molar-refractivity contribution in [1.82, 2.24) is 21.2 Å². The number of nitrogens with one attached hydrogen (secondary N) is 4. The molecule has 3 aromatic rings. The van der Waals surface area contributed by atoms with Gasteiger partial charge in [0.2, 0.25) is 0 Å². The van der Waals surface area contributed by atoms with Crippen LogP contribution in [0.4, 0.5) is 25.1 Å². The second-order valence-corrected chi connectivity index (χ2v) is 9.47.